The van der Waals surface area contributed by atoms with Crippen LogP contribution in [0.2, 0.25) is 0 Å². The summed E-state index contributed by atoms with van der Waals surface area (Å²) >= 11 is 3.48. The topological polar surface area (TPSA) is 0 Å². The third-order valence-corrected chi connectivity index (χ3v) is 1.91. The summed E-state index contributed by atoms with van der Waals surface area (Å²) in [5.41, 5.74) is 1.38. The number of halogens is 1. The molecule has 1 rings (SSSR count). The van der Waals surface area contributed by atoms with E-state index in [2.05, 4.69) is 41.1 Å². The van der Waals surface area contributed by atoms with E-state index in [0.717, 1.165) is 6.42 Å². The van der Waals surface area contributed by atoms with Crippen LogP contribution in [0.15, 0.2) is 23.8 Å². The first-order valence-corrected chi connectivity index (χ1v) is 3.69. The lowest BCUT2D eigenvalue weighted by Crippen LogP contribution is -1.93. The van der Waals surface area contributed by atoms with Crippen molar-refractivity contribution in [3.8, 4) is 0 Å². The van der Waals surface area contributed by atoms with Gasteiger partial charge in [-0.05, 0) is 13.3 Å². The van der Waals surface area contributed by atoms with Crippen LogP contribution in [0.1, 0.15) is 13.3 Å². The maximum Gasteiger partial charge on any atom is 0.0363 e. The highest BCUT2D eigenvalue weighted by atomic mass is 79.9. The first-order chi connectivity index (χ1) is 3.79. The molecular formula is C7H9Br. The summed E-state index contributed by atoms with van der Waals surface area (Å²) in [6.07, 6.45) is 7.69. The van der Waals surface area contributed by atoms with Crippen molar-refractivity contribution in [1.82, 2.24) is 0 Å². The second-order valence-electron chi connectivity index (χ2n) is 2.06. The number of hydrogen-bond donors (Lipinski definition) is 0. The van der Waals surface area contributed by atoms with E-state index in [1.807, 2.05) is 0 Å². The van der Waals surface area contributed by atoms with Gasteiger partial charge >= 0.3 is 0 Å². The second kappa shape index (κ2) is 2.49. The molecule has 0 unspecified atom stereocenters. The van der Waals surface area contributed by atoms with Crippen LogP contribution < -0.4 is 0 Å². The molecule has 0 aliphatic heterocycles. The molecule has 0 aromatic heterocycles. The lowest BCUT2D eigenvalue weighted by molar-refractivity contribution is 1.05. The lowest BCUT2D eigenvalue weighted by atomic mass is 10.1. The van der Waals surface area contributed by atoms with Crippen LogP contribution in [0, 0.1) is 0 Å². The predicted octanol–water partition coefficient (Wildman–Crippen LogP) is 2.66. The lowest BCUT2D eigenvalue weighted by Gasteiger charge is -2.05. The maximum atomic E-state index is 3.48. The van der Waals surface area contributed by atoms with Crippen LogP contribution in [-0.4, -0.2) is 4.83 Å². The molecule has 1 atom stereocenters. The molecule has 0 saturated carbocycles. The molecule has 0 saturated heterocycles. The molecule has 0 radical (unpaired) electrons. The Morgan fingerprint density at radius 1 is 1.75 bits per heavy atom. The largest absolute Gasteiger partial charge is 0.0842 e. The SMILES string of the molecule is CC1=CC[C@H](Br)C=C1. The first-order valence-electron chi connectivity index (χ1n) is 2.78. The third kappa shape index (κ3) is 1.48. The van der Waals surface area contributed by atoms with Gasteiger partial charge in [0.25, 0.3) is 0 Å². The molecule has 0 fully saturated rings. The highest BCUT2D eigenvalue weighted by Crippen LogP contribution is 2.15. The predicted molar refractivity (Wildman–Crippen MR) is 40.2 cm³/mol. The van der Waals surface area contributed by atoms with Gasteiger partial charge in [0.05, 0.1) is 0 Å². The minimum absolute atomic E-state index is 0.575. The Balaban J connectivity index is 2.58. The molecule has 0 bridgehead atoms. The van der Waals surface area contributed by atoms with E-state index < -0.39 is 0 Å². The smallest absolute Gasteiger partial charge is 0.0363 e. The van der Waals surface area contributed by atoms with Gasteiger partial charge in [0.2, 0.25) is 0 Å². The minimum atomic E-state index is 0.575. The Bertz CT molecular complexity index is 133. The highest BCUT2D eigenvalue weighted by Gasteiger charge is 1.99. The van der Waals surface area contributed by atoms with Crippen molar-refractivity contribution in [2.24, 2.45) is 0 Å². The monoisotopic (exact) mass is 172 g/mol. The molecule has 0 aromatic carbocycles. The van der Waals surface area contributed by atoms with E-state index in [-0.39, 0.29) is 0 Å². The molecule has 0 spiro atoms. The van der Waals surface area contributed by atoms with Gasteiger partial charge < -0.3 is 0 Å². The van der Waals surface area contributed by atoms with Crippen molar-refractivity contribution < 1.29 is 0 Å². The first kappa shape index (κ1) is 6.09. The van der Waals surface area contributed by atoms with Gasteiger partial charge in [-0.3, -0.25) is 0 Å². The summed E-state index contributed by atoms with van der Waals surface area (Å²) in [4.78, 5) is 0.575. The van der Waals surface area contributed by atoms with Crippen molar-refractivity contribution in [1.29, 1.82) is 0 Å². The van der Waals surface area contributed by atoms with Crippen molar-refractivity contribution in [3.05, 3.63) is 23.8 Å². The molecule has 0 N–H and O–H groups in total. The Labute approximate surface area is 58.4 Å². The van der Waals surface area contributed by atoms with E-state index in [0.29, 0.717) is 4.83 Å². The Hall–Kier alpha value is -0.0400. The van der Waals surface area contributed by atoms with Gasteiger partial charge in [0, 0.05) is 4.83 Å². The zero-order valence-corrected chi connectivity index (χ0v) is 6.48. The number of rotatable bonds is 0. The fraction of sp³-hybridized carbons (Fsp3) is 0.429. The van der Waals surface area contributed by atoms with Crippen molar-refractivity contribution in [2.75, 3.05) is 0 Å². The molecule has 1 aliphatic carbocycles. The van der Waals surface area contributed by atoms with Crippen LogP contribution >= 0.6 is 15.9 Å². The molecule has 1 aliphatic rings. The number of alkyl halides is 1. The fourth-order valence-electron chi connectivity index (χ4n) is 0.701. The van der Waals surface area contributed by atoms with Gasteiger partial charge in [-0.25, -0.2) is 0 Å². The molecule has 0 heterocycles. The normalized spacial score (nSPS) is 27.8. The average molecular weight is 173 g/mol. The van der Waals surface area contributed by atoms with E-state index in [1.54, 1.807) is 0 Å². The molecule has 0 nitrogen and oxygen atoms in total. The molecule has 0 amide bonds. The van der Waals surface area contributed by atoms with Gasteiger partial charge in [-0.2, -0.15) is 0 Å². The Morgan fingerprint density at radius 3 is 2.88 bits per heavy atom. The van der Waals surface area contributed by atoms with E-state index >= 15 is 0 Å². The fourth-order valence-corrected chi connectivity index (χ4v) is 1.04. The third-order valence-electron chi connectivity index (χ3n) is 1.23. The van der Waals surface area contributed by atoms with Crippen molar-refractivity contribution in [3.63, 3.8) is 0 Å². The van der Waals surface area contributed by atoms with Crippen LogP contribution in [0.3, 0.4) is 0 Å². The number of hydrogen-bond acceptors (Lipinski definition) is 0. The van der Waals surface area contributed by atoms with Crippen LogP contribution in [0.5, 0.6) is 0 Å². The van der Waals surface area contributed by atoms with Crippen LogP contribution in [0.25, 0.3) is 0 Å². The van der Waals surface area contributed by atoms with E-state index in [4.69, 9.17) is 0 Å². The van der Waals surface area contributed by atoms with E-state index in [9.17, 15) is 0 Å². The second-order valence-corrected chi connectivity index (χ2v) is 3.24. The highest BCUT2D eigenvalue weighted by molar-refractivity contribution is 9.09. The average Bonchev–Trinajstić information content (AvgIpc) is 1.77. The van der Waals surface area contributed by atoms with Crippen molar-refractivity contribution in [2.45, 2.75) is 18.2 Å². The molecular weight excluding hydrogens is 164 g/mol. The summed E-state index contributed by atoms with van der Waals surface area (Å²) in [7, 11) is 0. The van der Waals surface area contributed by atoms with Crippen molar-refractivity contribution >= 4 is 15.9 Å². The summed E-state index contributed by atoms with van der Waals surface area (Å²) in [5, 5.41) is 0. The van der Waals surface area contributed by atoms with E-state index in [1.165, 1.54) is 5.57 Å². The Kier molecular flexibility index (Phi) is 1.90. The molecule has 0 aromatic rings. The van der Waals surface area contributed by atoms with Gasteiger partial charge in [0.1, 0.15) is 0 Å². The minimum Gasteiger partial charge on any atom is -0.0842 e. The summed E-state index contributed by atoms with van der Waals surface area (Å²) in [6.45, 7) is 2.12. The molecule has 1 heteroatoms. The number of allylic oxidation sites excluding steroid dienone is 4. The maximum absolute atomic E-state index is 3.48. The Morgan fingerprint density at radius 2 is 2.50 bits per heavy atom. The molecule has 8 heavy (non-hydrogen) atoms. The quantitative estimate of drug-likeness (QED) is 0.494. The zero-order valence-electron chi connectivity index (χ0n) is 4.89. The van der Waals surface area contributed by atoms with Crippen LogP contribution in [0.4, 0.5) is 0 Å². The zero-order chi connectivity index (χ0) is 5.98. The summed E-state index contributed by atoms with van der Waals surface area (Å²) in [6, 6.07) is 0. The summed E-state index contributed by atoms with van der Waals surface area (Å²) in [5.74, 6) is 0. The van der Waals surface area contributed by atoms with Gasteiger partial charge in [0.15, 0.2) is 0 Å². The standard InChI is InChI=1S/C7H9Br/c1-6-2-4-7(8)5-3-6/h2-4,7H,5H2,1H3/t7-/m1/s1. The van der Waals surface area contributed by atoms with Gasteiger partial charge in [-0.15, -0.1) is 0 Å². The molecule has 44 valence electrons. The van der Waals surface area contributed by atoms with Crippen LogP contribution in [-0.2, 0) is 0 Å². The van der Waals surface area contributed by atoms with Gasteiger partial charge in [-0.1, -0.05) is 39.7 Å². The summed E-state index contributed by atoms with van der Waals surface area (Å²) < 4.78 is 0.